The number of anilines is 1. The third-order valence-electron chi connectivity index (χ3n) is 3.55. The van der Waals surface area contributed by atoms with Crippen LogP contribution in [0.1, 0.15) is 33.6 Å². The van der Waals surface area contributed by atoms with E-state index in [2.05, 4.69) is 5.32 Å². The van der Waals surface area contributed by atoms with Gasteiger partial charge in [-0.25, -0.2) is 4.79 Å². The van der Waals surface area contributed by atoms with Gasteiger partial charge in [0.05, 0.1) is 12.8 Å². The van der Waals surface area contributed by atoms with Crippen molar-refractivity contribution in [1.82, 2.24) is 4.90 Å². The van der Waals surface area contributed by atoms with Crippen LogP contribution in [0, 0.1) is 0 Å². The van der Waals surface area contributed by atoms with Crippen molar-refractivity contribution in [3.8, 4) is 5.75 Å². The molecule has 1 aliphatic rings. The fourth-order valence-electron chi connectivity index (χ4n) is 2.54. The second-order valence-electron chi connectivity index (χ2n) is 6.52. The molecule has 1 saturated heterocycles. The van der Waals surface area contributed by atoms with Gasteiger partial charge in [-0.15, -0.1) is 0 Å². The van der Waals surface area contributed by atoms with E-state index in [0.717, 1.165) is 6.42 Å². The van der Waals surface area contributed by atoms with E-state index in [0.29, 0.717) is 24.4 Å². The number of benzene rings is 1. The number of likely N-dealkylation sites (tertiary alicyclic amines) is 1. The number of para-hydroxylation sites is 2. The summed E-state index contributed by atoms with van der Waals surface area (Å²) in [6.07, 6.45) is 0.957. The summed E-state index contributed by atoms with van der Waals surface area (Å²) in [4.78, 5) is 26.3. The summed E-state index contributed by atoms with van der Waals surface area (Å²) in [6, 6.07) is 6.67. The van der Waals surface area contributed by atoms with Crippen molar-refractivity contribution in [2.75, 3.05) is 19.0 Å². The van der Waals surface area contributed by atoms with E-state index in [9.17, 15) is 9.59 Å². The van der Waals surface area contributed by atoms with Crippen molar-refractivity contribution in [1.29, 1.82) is 0 Å². The number of amides is 2. The second kappa shape index (κ2) is 6.89. The summed E-state index contributed by atoms with van der Waals surface area (Å²) < 4.78 is 10.6. The highest BCUT2D eigenvalue weighted by Crippen LogP contribution is 2.26. The number of nitrogens with one attached hydrogen (secondary N) is 1. The van der Waals surface area contributed by atoms with E-state index >= 15 is 0 Å². The first kappa shape index (κ1) is 17.1. The summed E-state index contributed by atoms with van der Waals surface area (Å²) in [5, 5.41) is 2.84. The summed E-state index contributed by atoms with van der Waals surface area (Å²) in [5.74, 6) is 0.362. The monoisotopic (exact) mass is 320 g/mol. The number of carbonyl (C=O) groups is 2. The predicted octanol–water partition coefficient (Wildman–Crippen LogP) is 3.03. The maximum atomic E-state index is 12.5. The van der Waals surface area contributed by atoms with E-state index in [4.69, 9.17) is 9.47 Å². The summed E-state index contributed by atoms with van der Waals surface area (Å²) in [5.41, 5.74) is 0.0135. The van der Waals surface area contributed by atoms with E-state index < -0.39 is 17.7 Å². The quantitative estimate of drug-likeness (QED) is 0.929. The molecule has 1 aromatic rings. The SMILES string of the molecule is COc1ccccc1NC(=O)[C@@H]1CCCN1C(=O)OC(C)(C)C. The van der Waals surface area contributed by atoms with Crippen molar-refractivity contribution in [3.63, 3.8) is 0 Å². The zero-order valence-corrected chi connectivity index (χ0v) is 14.1. The standard InChI is InChI=1S/C17H24N2O4/c1-17(2,3)23-16(21)19-11-7-9-13(19)15(20)18-12-8-5-6-10-14(12)22-4/h5-6,8,10,13H,7,9,11H2,1-4H3,(H,18,20)/t13-/m0/s1. The van der Waals surface area contributed by atoms with Crippen LogP contribution in [0.3, 0.4) is 0 Å². The third kappa shape index (κ3) is 4.37. The van der Waals surface area contributed by atoms with Crippen LogP contribution >= 0.6 is 0 Å². The predicted molar refractivity (Wildman–Crippen MR) is 87.6 cm³/mol. The normalized spacial score (nSPS) is 17.7. The minimum Gasteiger partial charge on any atom is -0.495 e. The highest BCUT2D eigenvalue weighted by Gasteiger charge is 2.36. The van der Waals surface area contributed by atoms with Crippen LogP contribution in [0.5, 0.6) is 5.75 Å². The lowest BCUT2D eigenvalue weighted by Gasteiger charge is -2.28. The van der Waals surface area contributed by atoms with E-state index in [1.54, 1.807) is 19.2 Å². The minimum absolute atomic E-state index is 0.224. The number of ether oxygens (including phenoxy) is 2. The molecule has 1 N–H and O–H groups in total. The van der Waals surface area contributed by atoms with Crippen LogP contribution in [0.25, 0.3) is 0 Å². The highest BCUT2D eigenvalue weighted by molar-refractivity contribution is 5.97. The van der Waals surface area contributed by atoms with Gasteiger partial charge in [0, 0.05) is 6.54 Å². The Labute approximate surface area is 136 Å². The molecule has 1 fully saturated rings. The molecular formula is C17H24N2O4. The molecule has 2 rings (SSSR count). The Kier molecular flexibility index (Phi) is 5.13. The van der Waals surface area contributed by atoms with Crippen LogP contribution in [0.4, 0.5) is 10.5 Å². The van der Waals surface area contributed by atoms with Gasteiger partial charge in [-0.2, -0.15) is 0 Å². The molecule has 0 unspecified atom stereocenters. The molecule has 0 aromatic heterocycles. The molecule has 126 valence electrons. The van der Waals surface area contributed by atoms with E-state index in [1.807, 2.05) is 32.9 Å². The molecule has 1 aromatic carbocycles. The first-order valence-electron chi connectivity index (χ1n) is 7.75. The van der Waals surface area contributed by atoms with Crippen molar-refractivity contribution >= 4 is 17.7 Å². The molecule has 0 radical (unpaired) electrons. The topological polar surface area (TPSA) is 67.9 Å². The molecule has 0 aliphatic carbocycles. The van der Waals surface area contributed by atoms with Crippen LogP contribution in [-0.4, -0.2) is 42.2 Å². The smallest absolute Gasteiger partial charge is 0.410 e. The van der Waals surface area contributed by atoms with Crippen molar-refractivity contribution in [2.45, 2.75) is 45.3 Å². The average molecular weight is 320 g/mol. The Bertz CT molecular complexity index is 580. The van der Waals surface area contributed by atoms with Gasteiger partial charge in [0.2, 0.25) is 5.91 Å². The molecule has 1 heterocycles. The third-order valence-corrected chi connectivity index (χ3v) is 3.55. The number of hydrogen-bond acceptors (Lipinski definition) is 4. The average Bonchev–Trinajstić information content (AvgIpc) is 2.95. The number of methoxy groups -OCH3 is 1. The Morgan fingerprint density at radius 1 is 1.26 bits per heavy atom. The Morgan fingerprint density at radius 2 is 1.96 bits per heavy atom. The van der Waals surface area contributed by atoms with Gasteiger partial charge in [-0.05, 0) is 45.7 Å². The molecule has 23 heavy (non-hydrogen) atoms. The Hall–Kier alpha value is -2.24. The lowest BCUT2D eigenvalue weighted by Crippen LogP contribution is -2.45. The maximum Gasteiger partial charge on any atom is 0.410 e. The number of rotatable bonds is 3. The highest BCUT2D eigenvalue weighted by atomic mass is 16.6. The van der Waals surface area contributed by atoms with Crippen molar-refractivity contribution in [3.05, 3.63) is 24.3 Å². The van der Waals surface area contributed by atoms with E-state index in [-0.39, 0.29) is 5.91 Å². The lowest BCUT2D eigenvalue weighted by atomic mass is 10.2. The van der Waals surface area contributed by atoms with Crippen LogP contribution in [0.15, 0.2) is 24.3 Å². The largest absolute Gasteiger partial charge is 0.495 e. The maximum absolute atomic E-state index is 12.5. The molecule has 2 amide bonds. The molecule has 1 atom stereocenters. The van der Waals surface area contributed by atoms with Crippen molar-refractivity contribution < 1.29 is 19.1 Å². The van der Waals surface area contributed by atoms with Gasteiger partial charge in [-0.1, -0.05) is 12.1 Å². The van der Waals surface area contributed by atoms with Crippen LogP contribution < -0.4 is 10.1 Å². The van der Waals surface area contributed by atoms with Gasteiger partial charge in [0.1, 0.15) is 17.4 Å². The Morgan fingerprint density at radius 3 is 2.61 bits per heavy atom. The van der Waals surface area contributed by atoms with Gasteiger partial charge in [0.25, 0.3) is 0 Å². The van der Waals surface area contributed by atoms with E-state index in [1.165, 1.54) is 4.90 Å². The number of hydrogen-bond donors (Lipinski definition) is 1. The van der Waals surface area contributed by atoms with Gasteiger partial charge < -0.3 is 14.8 Å². The summed E-state index contributed by atoms with van der Waals surface area (Å²) in [6.45, 7) is 5.96. The number of nitrogens with zero attached hydrogens (tertiary/aromatic N) is 1. The first-order valence-corrected chi connectivity index (χ1v) is 7.75. The summed E-state index contributed by atoms with van der Waals surface area (Å²) >= 11 is 0. The Balaban J connectivity index is 2.07. The van der Waals surface area contributed by atoms with Crippen LogP contribution in [-0.2, 0) is 9.53 Å². The minimum atomic E-state index is -0.580. The molecule has 1 aliphatic heterocycles. The van der Waals surface area contributed by atoms with Gasteiger partial charge in [-0.3, -0.25) is 9.69 Å². The molecular weight excluding hydrogens is 296 g/mol. The van der Waals surface area contributed by atoms with Crippen LogP contribution in [0.2, 0.25) is 0 Å². The van der Waals surface area contributed by atoms with Gasteiger partial charge >= 0.3 is 6.09 Å². The first-order chi connectivity index (χ1) is 10.8. The molecule has 0 saturated carbocycles. The summed E-state index contributed by atoms with van der Waals surface area (Å²) in [7, 11) is 1.55. The second-order valence-corrected chi connectivity index (χ2v) is 6.52. The van der Waals surface area contributed by atoms with Gasteiger partial charge in [0.15, 0.2) is 0 Å². The molecule has 0 spiro atoms. The zero-order valence-electron chi connectivity index (χ0n) is 14.1. The molecule has 6 heteroatoms. The lowest BCUT2D eigenvalue weighted by molar-refractivity contribution is -0.120. The fraction of sp³-hybridized carbons (Fsp3) is 0.529. The fourth-order valence-corrected chi connectivity index (χ4v) is 2.54. The molecule has 6 nitrogen and oxygen atoms in total. The number of carbonyl (C=O) groups excluding carboxylic acids is 2. The van der Waals surface area contributed by atoms with Crippen molar-refractivity contribution in [2.24, 2.45) is 0 Å². The zero-order chi connectivity index (χ0) is 17.0. The molecule has 0 bridgehead atoms.